The zero-order valence-corrected chi connectivity index (χ0v) is 11.3. The fourth-order valence-electron chi connectivity index (χ4n) is 2.85. The van der Waals surface area contributed by atoms with E-state index < -0.39 is 0 Å². The Bertz CT molecular complexity index is 570. The van der Waals surface area contributed by atoms with E-state index in [1.54, 1.807) is 6.07 Å². The van der Waals surface area contributed by atoms with Gasteiger partial charge in [0.15, 0.2) is 5.75 Å². The van der Waals surface area contributed by atoms with E-state index in [2.05, 4.69) is 13.5 Å². The molecule has 96 valence electrons. The monoisotopic (exact) mass is 244 g/mol. The second-order valence-corrected chi connectivity index (χ2v) is 5.41. The molecule has 0 bridgehead atoms. The Morgan fingerprint density at radius 2 is 2.06 bits per heavy atom. The van der Waals surface area contributed by atoms with Crippen molar-refractivity contribution in [1.29, 1.82) is 0 Å². The summed E-state index contributed by atoms with van der Waals surface area (Å²) in [6.07, 6.45) is 2.91. The van der Waals surface area contributed by atoms with Crippen LogP contribution < -0.4 is 5.43 Å². The van der Waals surface area contributed by atoms with Crippen molar-refractivity contribution in [2.75, 3.05) is 0 Å². The molecule has 0 amide bonds. The molecule has 2 nitrogen and oxygen atoms in total. The molecule has 1 aliphatic carbocycles. The molecule has 18 heavy (non-hydrogen) atoms. The SMILES string of the molecule is C=C(C)[C@@H]1CCc2c(C)c(O)c(=O)cc(C)c2C1. The third-order valence-corrected chi connectivity index (χ3v) is 4.12. The highest BCUT2D eigenvalue weighted by Gasteiger charge is 2.23. The van der Waals surface area contributed by atoms with Gasteiger partial charge in [-0.1, -0.05) is 12.2 Å². The molecule has 1 atom stereocenters. The van der Waals surface area contributed by atoms with Crippen LogP contribution in [0, 0.1) is 19.8 Å². The summed E-state index contributed by atoms with van der Waals surface area (Å²) in [5.74, 6) is 0.406. The first-order chi connectivity index (χ1) is 8.41. The lowest BCUT2D eigenvalue weighted by Crippen LogP contribution is -2.16. The van der Waals surface area contributed by atoms with Gasteiger partial charge in [0.2, 0.25) is 5.43 Å². The number of fused-ring (bicyclic) bond motifs is 1. The Hall–Kier alpha value is -1.57. The summed E-state index contributed by atoms with van der Waals surface area (Å²) in [7, 11) is 0. The van der Waals surface area contributed by atoms with Crippen LogP contribution in [0.25, 0.3) is 0 Å². The van der Waals surface area contributed by atoms with E-state index in [1.165, 1.54) is 11.1 Å². The van der Waals surface area contributed by atoms with Gasteiger partial charge in [-0.3, -0.25) is 4.79 Å². The summed E-state index contributed by atoms with van der Waals surface area (Å²) in [6.45, 7) is 9.91. The maximum atomic E-state index is 11.8. The standard InChI is InChI=1S/C16H20O2/c1-9(2)12-5-6-13-11(4)16(18)15(17)7-10(3)14(13)8-12/h7,12H,1,5-6,8H2,2-4H3,(H,17,18)/t12-/m1/s1. The van der Waals surface area contributed by atoms with E-state index in [0.29, 0.717) is 5.92 Å². The summed E-state index contributed by atoms with van der Waals surface area (Å²) in [6, 6.07) is 1.56. The Morgan fingerprint density at radius 1 is 1.39 bits per heavy atom. The molecule has 0 aliphatic heterocycles. The number of aryl methyl sites for hydroxylation is 1. The lowest BCUT2D eigenvalue weighted by molar-refractivity contribution is 0.463. The van der Waals surface area contributed by atoms with E-state index in [0.717, 1.165) is 36.0 Å². The van der Waals surface area contributed by atoms with E-state index >= 15 is 0 Å². The maximum Gasteiger partial charge on any atom is 0.220 e. The summed E-state index contributed by atoms with van der Waals surface area (Å²) in [5, 5.41) is 9.89. The molecule has 0 unspecified atom stereocenters. The van der Waals surface area contributed by atoms with E-state index in [4.69, 9.17) is 0 Å². The van der Waals surface area contributed by atoms with Crippen molar-refractivity contribution in [2.45, 2.75) is 40.0 Å². The van der Waals surface area contributed by atoms with Gasteiger partial charge in [-0.2, -0.15) is 0 Å². The molecule has 0 aromatic heterocycles. The average molecular weight is 244 g/mol. The molecule has 2 rings (SSSR count). The zero-order valence-electron chi connectivity index (χ0n) is 11.3. The van der Waals surface area contributed by atoms with Crippen LogP contribution >= 0.6 is 0 Å². The second-order valence-electron chi connectivity index (χ2n) is 5.41. The molecule has 0 saturated heterocycles. The largest absolute Gasteiger partial charge is 0.504 e. The van der Waals surface area contributed by atoms with Crippen molar-refractivity contribution >= 4 is 0 Å². The molecular formula is C16H20O2. The smallest absolute Gasteiger partial charge is 0.220 e. The van der Waals surface area contributed by atoms with E-state index in [-0.39, 0.29) is 11.2 Å². The van der Waals surface area contributed by atoms with Crippen molar-refractivity contribution < 1.29 is 5.11 Å². The van der Waals surface area contributed by atoms with Gasteiger partial charge in [0.05, 0.1) is 0 Å². The predicted octanol–water partition coefficient (Wildman–Crippen LogP) is 3.05. The van der Waals surface area contributed by atoms with Crippen molar-refractivity contribution in [3.8, 4) is 5.75 Å². The molecular weight excluding hydrogens is 224 g/mol. The van der Waals surface area contributed by atoms with Gasteiger partial charge in [0, 0.05) is 0 Å². The molecule has 0 fully saturated rings. The van der Waals surface area contributed by atoms with E-state index in [1.807, 2.05) is 13.8 Å². The van der Waals surface area contributed by atoms with Crippen molar-refractivity contribution in [1.82, 2.24) is 0 Å². The molecule has 0 spiro atoms. The minimum Gasteiger partial charge on any atom is -0.504 e. The van der Waals surface area contributed by atoms with Crippen LogP contribution in [0.1, 0.15) is 35.6 Å². The Labute approximate surface area is 108 Å². The van der Waals surface area contributed by atoms with Crippen LogP contribution in [-0.4, -0.2) is 5.11 Å². The molecule has 0 heterocycles. The van der Waals surface area contributed by atoms with Crippen molar-refractivity contribution in [3.05, 3.63) is 50.7 Å². The average Bonchev–Trinajstić information content (AvgIpc) is 2.42. The van der Waals surface area contributed by atoms with Crippen molar-refractivity contribution in [2.24, 2.45) is 5.92 Å². The molecule has 1 aromatic carbocycles. The predicted molar refractivity (Wildman–Crippen MR) is 74.2 cm³/mol. The number of rotatable bonds is 1. The first-order valence-electron chi connectivity index (χ1n) is 6.42. The van der Waals surface area contributed by atoms with Gasteiger partial charge in [0.1, 0.15) is 0 Å². The summed E-state index contributed by atoms with van der Waals surface area (Å²) in [5.41, 5.74) is 5.06. The molecule has 2 heteroatoms. The highest BCUT2D eigenvalue weighted by Crippen LogP contribution is 2.33. The number of aromatic hydroxyl groups is 1. The van der Waals surface area contributed by atoms with Gasteiger partial charge in [0.25, 0.3) is 0 Å². The van der Waals surface area contributed by atoms with E-state index in [9.17, 15) is 9.90 Å². The van der Waals surface area contributed by atoms with Crippen LogP contribution in [-0.2, 0) is 12.8 Å². The molecule has 0 saturated carbocycles. The fourth-order valence-corrected chi connectivity index (χ4v) is 2.85. The fraction of sp³-hybridized carbons (Fsp3) is 0.438. The third-order valence-electron chi connectivity index (χ3n) is 4.12. The quantitative estimate of drug-likeness (QED) is 0.771. The highest BCUT2D eigenvalue weighted by molar-refractivity contribution is 5.46. The zero-order chi connectivity index (χ0) is 13.4. The van der Waals surface area contributed by atoms with Gasteiger partial charge in [-0.15, -0.1) is 0 Å². The first-order valence-corrected chi connectivity index (χ1v) is 6.42. The van der Waals surface area contributed by atoms with Gasteiger partial charge < -0.3 is 5.11 Å². The lowest BCUT2D eigenvalue weighted by Gasteiger charge is -2.26. The summed E-state index contributed by atoms with van der Waals surface area (Å²) >= 11 is 0. The van der Waals surface area contributed by atoms with Crippen LogP contribution in [0.5, 0.6) is 5.75 Å². The minimum atomic E-state index is -0.272. The number of allylic oxidation sites excluding steroid dienone is 1. The highest BCUT2D eigenvalue weighted by atomic mass is 16.3. The number of hydrogen-bond donors (Lipinski definition) is 1. The van der Waals surface area contributed by atoms with Crippen molar-refractivity contribution in [3.63, 3.8) is 0 Å². The summed E-state index contributed by atoms with van der Waals surface area (Å²) in [4.78, 5) is 11.8. The Morgan fingerprint density at radius 3 is 2.67 bits per heavy atom. The van der Waals surface area contributed by atoms with Gasteiger partial charge in [-0.05, 0) is 74.3 Å². The van der Waals surface area contributed by atoms with Crippen LogP contribution in [0.2, 0.25) is 0 Å². The van der Waals surface area contributed by atoms with Crippen LogP contribution in [0.4, 0.5) is 0 Å². The van der Waals surface area contributed by atoms with Gasteiger partial charge >= 0.3 is 0 Å². The Kier molecular flexibility index (Phi) is 3.29. The first kappa shape index (κ1) is 12.9. The lowest BCUT2D eigenvalue weighted by atomic mass is 9.79. The van der Waals surface area contributed by atoms with Crippen LogP contribution in [0.3, 0.4) is 0 Å². The number of hydrogen-bond acceptors (Lipinski definition) is 2. The third kappa shape index (κ3) is 2.07. The topological polar surface area (TPSA) is 37.3 Å². The molecule has 1 N–H and O–H groups in total. The molecule has 1 aliphatic rings. The molecule has 1 aromatic rings. The maximum absolute atomic E-state index is 11.8. The van der Waals surface area contributed by atoms with Gasteiger partial charge in [-0.25, -0.2) is 0 Å². The van der Waals surface area contributed by atoms with Crippen LogP contribution in [0.15, 0.2) is 23.0 Å². The normalized spacial score (nSPS) is 18.3. The Balaban J connectivity index is 2.66. The minimum absolute atomic E-state index is 0.0897. The second kappa shape index (κ2) is 4.60. The molecule has 0 radical (unpaired) electrons. The summed E-state index contributed by atoms with van der Waals surface area (Å²) < 4.78 is 0.